The zero-order valence-electron chi connectivity index (χ0n) is 8.12. The molecule has 0 saturated carbocycles. The number of hydrogen-bond donors (Lipinski definition) is 2. The molecule has 1 fully saturated rings. The summed E-state index contributed by atoms with van der Waals surface area (Å²) in [6.45, 7) is 2.21. The lowest BCUT2D eigenvalue weighted by molar-refractivity contribution is 0.288. The van der Waals surface area contributed by atoms with Crippen LogP contribution < -0.4 is 5.32 Å². The summed E-state index contributed by atoms with van der Waals surface area (Å²) in [5, 5.41) is 3.48. The van der Waals surface area contributed by atoms with Crippen molar-refractivity contribution >= 4 is 11.0 Å². The molecule has 0 spiro atoms. The summed E-state index contributed by atoms with van der Waals surface area (Å²) in [5.41, 5.74) is 3.53. The Balaban J connectivity index is 1.97. The Morgan fingerprint density at radius 1 is 1.43 bits per heavy atom. The highest BCUT2D eigenvalue weighted by Crippen LogP contribution is 2.28. The predicted molar refractivity (Wildman–Crippen MR) is 56.0 cm³/mol. The van der Waals surface area contributed by atoms with Crippen molar-refractivity contribution < 1.29 is 0 Å². The van der Waals surface area contributed by atoms with E-state index in [9.17, 15) is 0 Å². The molecule has 0 aliphatic carbocycles. The van der Waals surface area contributed by atoms with Gasteiger partial charge in [-0.1, -0.05) is 6.07 Å². The lowest BCUT2D eigenvalue weighted by atomic mass is 9.92. The van der Waals surface area contributed by atoms with E-state index in [1.807, 2.05) is 0 Å². The minimum Gasteiger partial charge on any atom is -0.345 e. The highest BCUT2D eigenvalue weighted by molar-refractivity contribution is 5.75. The Bertz CT molecular complexity index is 454. The molecule has 1 aromatic carbocycles. The van der Waals surface area contributed by atoms with Crippen LogP contribution in [-0.4, -0.2) is 16.0 Å². The maximum atomic E-state index is 4.20. The molecule has 2 atom stereocenters. The van der Waals surface area contributed by atoms with Gasteiger partial charge in [-0.15, -0.1) is 0 Å². The smallest absolute Gasteiger partial charge is 0.0931 e. The van der Waals surface area contributed by atoms with Crippen LogP contribution in [0.15, 0.2) is 24.5 Å². The van der Waals surface area contributed by atoms with E-state index in [4.69, 9.17) is 0 Å². The van der Waals surface area contributed by atoms with Gasteiger partial charge < -0.3 is 10.3 Å². The largest absolute Gasteiger partial charge is 0.345 e. The number of nitrogens with one attached hydrogen (secondary N) is 2. The summed E-state index contributed by atoms with van der Waals surface area (Å²) >= 11 is 0. The van der Waals surface area contributed by atoms with Gasteiger partial charge in [0.1, 0.15) is 0 Å². The van der Waals surface area contributed by atoms with Crippen LogP contribution in [-0.2, 0) is 0 Å². The van der Waals surface area contributed by atoms with Gasteiger partial charge in [0, 0.05) is 12.1 Å². The van der Waals surface area contributed by atoms with Crippen molar-refractivity contribution in [2.24, 2.45) is 0 Å². The van der Waals surface area contributed by atoms with Gasteiger partial charge in [0.2, 0.25) is 0 Å². The minimum atomic E-state index is 0.540. The van der Waals surface area contributed by atoms with Gasteiger partial charge in [-0.3, -0.25) is 0 Å². The minimum absolute atomic E-state index is 0.540. The Hall–Kier alpha value is -1.35. The average molecular weight is 187 g/mol. The molecule has 2 aromatic rings. The molecular formula is C11H13N3. The van der Waals surface area contributed by atoms with E-state index in [-0.39, 0.29) is 0 Å². The van der Waals surface area contributed by atoms with Gasteiger partial charge in [0.25, 0.3) is 0 Å². The fourth-order valence-electron chi connectivity index (χ4n) is 2.07. The van der Waals surface area contributed by atoms with E-state index in [1.165, 1.54) is 12.0 Å². The third-order valence-corrected chi connectivity index (χ3v) is 2.92. The van der Waals surface area contributed by atoms with Gasteiger partial charge in [-0.25, -0.2) is 4.98 Å². The van der Waals surface area contributed by atoms with Crippen LogP contribution in [0.3, 0.4) is 0 Å². The van der Waals surface area contributed by atoms with Crippen molar-refractivity contribution in [3.63, 3.8) is 0 Å². The molecule has 1 aliphatic heterocycles. The van der Waals surface area contributed by atoms with E-state index in [0.717, 1.165) is 11.0 Å². The zero-order valence-corrected chi connectivity index (χ0v) is 8.12. The number of H-pyrrole nitrogens is 1. The van der Waals surface area contributed by atoms with Crippen LogP contribution in [0.1, 0.15) is 24.9 Å². The second-order valence-corrected chi connectivity index (χ2v) is 4.04. The molecule has 3 heteroatoms. The van der Waals surface area contributed by atoms with Crippen molar-refractivity contribution in [1.29, 1.82) is 0 Å². The summed E-state index contributed by atoms with van der Waals surface area (Å²) in [6, 6.07) is 7.62. The molecule has 1 aliphatic rings. The standard InChI is InChI=1S/C11H13N3/c1-7-4-10(14-7)8-2-3-9-11(5-8)13-6-12-9/h2-3,5-7,10,14H,4H2,1H3,(H,12,13). The highest BCUT2D eigenvalue weighted by atomic mass is 15.0. The Morgan fingerprint density at radius 3 is 3.07 bits per heavy atom. The number of benzene rings is 1. The molecule has 2 unspecified atom stereocenters. The Kier molecular flexibility index (Phi) is 1.61. The van der Waals surface area contributed by atoms with Crippen molar-refractivity contribution in [3.05, 3.63) is 30.1 Å². The molecule has 0 radical (unpaired) electrons. The molecule has 0 bridgehead atoms. The van der Waals surface area contributed by atoms with Crippen LogP contribution in [0.25, 0.3) is 11.0 Å². The topological polar surface area (TPSA) is 40.7 Å². The van der Waals surface area contributed by atoms with Gasteiger partial charge >= 0.3 is 0 Å². The molecule has 1 aromatic heterocycles. The number of aromatic nitrogens is 2. The van der Waals surface area contributed by atoms with Crippen molar-refractivity contribution in [2.45, 2.75) is 25.4 Å². The fourth-order valence-corrected chi connectivity index (χ4v) is 2.07. The van der Waals surface area contributed by atoms with Gasteiger partial charge in [0.05, 0.1) is 17.4 Å². The fraction of sp³-hybridized carbons (Fsp3) is 0.364. The van der Waals surface area contributed by atoms with Crippen molar-refractivity contribution in [1.82, 2.24) is 15.3 Å². The first-order chi connectivity index (χ1) is 6.83. The molecule has 0 amide bonds. The average Bonchev–Trinajstić information content (AvgIpc) is 2.59. The zero-order chi connectivity index (χ0) is 9.54. The quantitative estimate of drug-likeness (QED) is 0.716. The molecule has 2 N–H and O–H groups in total. The lowest BCUT2D eigenvalue weighted by Crippen LogP contribution is -2.43. The monoisotopic (exact) mass is 187 g/mol. The number of rotatable bonds is 1. The van der Waals surface area contributed by atoms with E-state index in [1.54, 1.807) is 6.33 Å². The maximum absolute atomic E-state index is 4.20. The molecule has 1 saturated heterocycles. The van der Waals surface area contributed by atoms with Crippen LogP contribution in [0, 0.1) is 0 Å². The molecule has 2 heterocycles. The first-order valence-electron chi connectivity index (χ1n) is 5.02. The van der Waals surface area contributed by atoms with Crippen molar-refractivity contribution in [2.75, 3.05) is 0 Å². The van der Waals surface area contributed by atoms with Crippen LogP contribution in [0.5, 0.6) is 0 Å². The number of hydrogen-bond acceptors (Lipinski definition) is 2. The van der Waals surface area contributed by atoms with Crippen LogP contribution in [0.2, 0.25) is 0 Å². The van der Waals surface area contributed by atoms with E-state index in [0.29, 0.717) is 12.1 Å². The second kappa shape index (κ2) is 2.82. The second-order valence-electron chi connectivity index (χ2n) is 4.04. The van der Waals surface area contributed by atoms with E-state index < -0.39 is 0 Å². The summed E-state index contributed by atoms with van der Waals surface area (Å²) in [5.74, 6) is 0. The molecule has 72 valence electrons. The molecule has 14 heavy (non-hydrogen) atoms. The number of imidazole rings is 1. The van der Waals surface area contributed by atoms with E-state index in [2.05, 4.69) is 40.4 Å². The summed E-state index contributed by atoms with van der Waals surface area (Å²) < 4.78 is 0. The van der Waals surface area contributed by atoms with Gasteiger partial charge in [0.15, 0.2) is 0 Å². The number of nitrogens with zero attached hydrogens (tertiary/aromatic N) is 1. The first kappa shape index (κ1) is 8.00. The van der Waals surface area contributed by atoms with Gasteiger partial charge in [-0.05, 0) is 31.0 Å². The van der Waals surface area contributed by atoms with E-state index >= 15 is 0 Å². The first-order valence-corrected chi connectivity index (χ1v) is 5.02. The van der Waals surface area contributed by atoms with Crippen molar-refractivity contribution in [3.8, 4) is 0 Å². The molecule has 3 rings (SSSR count). The Labute approximate surface area is 82.5 Å². The third-order valence-electron chi connectivity index (χ3n) is 2.92. The van der Waals surface area contributed by atoms with Gasteiger partial charge in [-0.2, -0.15) is 0 Å². The normalized spacial score (nSPS) is 26.4. The summed E-state index contributed by atoms with van der Waals surface area (Å²) in [4.78, 5) is 7.34. The highest BCUT2D eigenvalue weighted by Gasteiger charge is 2.25. The SMILES string of the molecule is CC1CC(c2ccc3nc[nH]c3c2)N1. The Morgan fingerprint density at radius 2 is 2.29 bits per heavy atom. The summed E-state index contributed by atoms with van der Waals surface area (Å²) in [6.07, 6.45) is 2.98. The predicted octanol–water partition coefficient (Wildman–Crippen LogP) is 1.99. The molecular weight excluding hydrogens is 174 g/mol. The number of fused-ring (bicyclic) bond motifs is 1. The summed E-state index contributed by atoms with van der Waals surface area (Å²) in [7, 11) is 0. The van der Waals surface area contributed by atoms with Crippen LogP contribution in [0.4, 0.5) is 0 Å². The molecule has 3 nitrogen and oxygen atoms in total. The maximum Gasteiger partial charge on any atom is 0.0931 e. The third kappa shape index (κ3) is 1.13. The van der Waals surface area contributed by atoms with Crippen LogP contribution >= 0.6 is 0 Å². The number of aromatic amines is 1. The lowest BCUT2D eigenvalue weighted by Gasteiger charge is -2.35.